The molecule has 1 atom stereocenters. The minimum atomic E-state index is -0.166. The molecule has 1 unspecified atom stereocenters. The Bertz CT molecular complexity index is 282. The van der Waals surface area contributed by atoms with Crippen LogP contribution < -0.4 is 5.32 Å². The third-order valence-corrected chi connectivity index (χ3v) is 2.85. The molecule has 1 aromatic rings. The molecule has 2 N–H and O–H groups in total. The molecule has 0 aliphatic heterocycles. The molecule has 0 radical (unpaired) electrons. The Labute approximate surface area is 91.3 Å². The fraction of sp³-hybridized carbons (Fsp3) is 0.538. The average molecular weight is 205 g/mol. The molecule has 1 saturated carbocycles. The lowest BCUT2D eigenvalue weighted by molar-refractivity contribution is 0.154. The van der Waals surface area contributed by atoms with Crippen molar-refractivity contribution < 1.29 is 5.11 Å². The minimum Gasteiger partial charge on any atom is -0.392 e. The number of aliphatic hydroxyl groups excluding tert-OH is 1. The van der Waals surface area contributed by atoms with Gasteiger partial charge in [0.25, 0.3) is 0 Å². The van der Waals surface area contributed by atoms with Gasteiger partial charge < -0.3 is 10.4 Å². The van der Waals surface area contributed by atoms with Gasteiger partial charge in [-0.05, 0) is 17.9 Å². The first kappa shape index (κ1) is 10.7. The quantitative estimate of drug-likeness (QED) is 0.744. The van der Waals surface area contributed by atoms with Crippen LogP contribution in [0.1, 0.15) is 24.8 Å². The standard InChI is InChI=1S/C13H19NO/c15-13(8-11-6-7-11)10-14-9-12-4-2-1-3-5-12/h1-5,11,13-15H,6-10H2. The summed E-state index contributed by atoms with van der Waals surface area (Å²) in [6.07, 6.45) is 3.44. The third kappa shape index (κ3) is 4.02. The number of hydrogen-bond donors (Lipinski definition) is 2. The normalized spacial score (nSPS) is 17.7. The second kappa shape index (κ2) is 5.29. The predicted octanol–water partition coefficient (Wildman–Crippen LogP) is 1.94. The number of benzene rings is 1. The lowest BCUT2D eigenvalue weighted by Crippen LogP contribution is -2.26. The summed E-state index contributed by atoms with van der Waals surface area (Å²) in [4.78, 5) is 0. The van der Waals surface area contributed by atoms with Crippen LogP contribution in [-0.2, 0) is 6.54 Å². The maximum atomic E-state index is 9.68. The molecule has 0 saturated heterocycles. The van der Waals surface area contributed by atoms with E-state index in [1.54, 1.807) is 0 Å². The van der Waals surface area contributed by atoms with Crippen LogP contribution in [0.4, 0.5) is 0 Å². The molecule has 15 heavy (non-hydrogen) atoms. The maximum absolute atomic E-state index is 9.68. The van der Waals surface area contributed by atoms with Gasteiger partial charge in [-0.15, -0.1) is 0 Å². The topological polar surface area (TPSA) is 32.3 Å². The molecule has 0 heterocycles. The molecule has 0 amide bonds. The second-order valence-electron chi connectivity index (χ2n) is 4.45. The molecule has 0 spiro atoms. The van der Waals surface area contributed by atoms with Crippen molar-refractivity contribution in [2.75, 3.05) is 6.54 Å². The van der Waals surface area contributed by atoms with Crippen molar-refractivity contribution in [3.63, 3.8) is 0 Å². The first-order valence-electron chi connectivity index (χ1n) is 5.77. The number of aliphatic hydroxyl groups is 1. The van der Waals surface area contributed by atoms with E-state index in [1.165, 1.54) is 18.4 Å². The highest BCUT2D eigenvalue weighted by molar-refractivity contribution is 5.14. The van der Waals surface area contributed by atoms with Crippen LogP contribution in [0.15, 0.2) is 30.3 Å². The molecular formula is C13H19NO. The van der Waals surface area contributed by atoms with E-state index in [4.69, 9.17) is 0 Å². The Morgan fingerprint density at radius 3 is 2.67 bits per heavy atom. The van der Waals surface area contributed by atoms with E-state index < -0.39 is 0 Å². The van der Waals surface area contributed by atoms with E-state index in [2.05, 4.69) is 17.4 Å². The fourth-order valence-electron chi connectivity index (χ4n) is 1.80. The molecular weight excluding hydrogens is 186 g/mol. The molecule has 82 valence electrons. The first-order chi connectivity index (χ1) is 7.34. The van der Waals surface area contributed by atoms with E-state index >= 15 is 0 Å². The van der Waals surface area contributed by atoms with Crippen LogP contribution in [-0.4, -0.2) is 17.8 Å². The SMILES string of the molecule is OC(CNCc1ccccc1)CC1CC1. The molecule has 0 aromatic heterocycles. The van der Waals surface area contributed by atoms with Gasteiger partial charge in [0.1, 0.15) is 0 Å². The van der Waals surface area contributed by atoms with Crippen LogP contribution in [0.25, 0.3) is 0 Å². The Morgan fingerprint density at radius 1 is 1.27 bits per heavy atom. The van der Waals surface area contributed by atoms with Crippen molar-refractivity contribution >= 4 is 0 Å². The van der Waals surface area contributed by atoms with Crippen molar-refractivity contribution in [1.29, 1.82) is 0 Å². The third-order valence-electron chi connectivity index (χ3n) is 2.85. The zero-order chi connectivity index (χ0) is 10.5. The number of rotatable bonds is 6. The molecule has 2 nitrogen and oxygen atoms in total. The van der Waals surface area contributed by atoms with Crippen molar-refractivity contribution in [2.24, 2.45) is 5.92 Å². The van der Waals surface area contributed by atoms with Crippen LogP contribution in [0.3, 0.4) is 0 Å². The largest absolute Gasteiger partial charge is 0.392 e. The Kier molecular flexibility index (Phi) is 3.75. The van der Waals surface area contributed by atoms with Crippen molar-refractivity contribution in [3.8, 4) is 0 Å². The van der Waals surface area contributed by atoms with Crippen LogP contribution in [0, 0.1) is 5.92 Å². The molecule has 1 aliphatic carbocycles. The maximum Gasteiger partial charge on any atom is 0.0667 e. The van der Waals surface area contributed by atoms with Crippen LogP contribution in [0.2, 0.25) is 0 Å². The summed E-state index contributed by atoms with van der Waals surface area (Å²) < 4.78 is 0. The van der Waals surface area contributed by atoms with E-state index in [0.29, 0.717) is 6.54 Å². The average Bonchev–Trinajstić information content (AvgIpc) is 3.03. The first-order valence-corrected chi connectivity index (χ1v) is 5.77. The fourth-order valence-corrected chi connectivity index (χ4v) is 1.80. The summed E-state index contributed by atoms with van der Waals surface area (Å²) in [6.45, 7) is 1.56. The van der Waals surface area contributed by atoms with Crippen molar-refractivity contribution in [1.82, 2.24) is 5.32 Å². The minimum absolute atomic E-state index is 0.166. The van der Waals surface area contributed by atoms with Gasteiger partial charge in [0.2, 0.25) is 0 Å². The zero-order valence-corrected chi connectivity index (χ0v) is 9.02. The molecule has 2 heteroatoms. The number of hydrogen-bond acceptors (Lipinski definition) is 2. The van der Waals surface area contributed by atoms with Gasteiger partial charge in [0, 0.05) is 13.1 Å². The van der Waals surface area contributed by atoms with Gasteiger partial charge in [0.05, 0.1) is 6.10 Å². The second-order valence-corrected chi connectivity index (χ2v) is 4.45. The lowest BCUT2D eigenvalue weighted by atomic mass is 10.1. The van der Waals surface area contributed by atoms with E-state index in [9.17, 15) is 5.11 Å². The molecule has 2 rings (SSSR count). The summed E-state index contributed by atoms with van der Waals surface area (Å²) in [7, 11) is 0. The van der Waals surface area contributed by atoms with Crippen molar-refractivity contribution in [3.05, 3.63) is 35.9 Å². The molecule has 1 aromatic carbocycles. The highest BCUT2D eigenvalue weighted by atomic mass is 16.3. The summed E-state index contributed by atoms with van der Waals surface area (Å²) in [6, 6.07) is 10.3. The highest BCUT2D eigenvalue weighted by Crippen LogP contribution is 2.33. The van der Waals surface area contributed by atoms with Gasteiger partial charge in [-0.3, -0.25) is 0 Å². The number of nitrogens with one attached hydrogen (secondary N) is 1. The summed E-state index contributed by atoms with van der Waals surface area (Å²) in [5.74, 6) is 0.804. The summed E-state index contributed by atoms with van der Waals surface area (Å²) >= 11 is 0. The Morgan fingerprint density at radius 2 is 2.00 bits per heavy atom. The molecule has 0 bridgehead atoms. The van der Waals surface area contributed by atoms with Gasteiger partial charge >= 0.3 is 0 Å². The Hall–Kier alpha value is -0.860. The van der Waals surface area contributed by atoms with Crippen molar-refractivity contribution in [2.45, 2.75) is 31.9 Å². The van der Waals surface area contributed by atoms with Crippen LogP contribution in [0.5, 0.6) is 0 Å². The van der Waals surface area contributed by atoms with Gasteiger partial charge in [-0.2, -0.15) is 0 Å². The smallest absolute Gasteiger partial charge is 0.0667 e. The van der Waals surface area contributed by atoms with E-state index in [1.807, 2.05) is 18.2 Å². The summed E-state index contributed by atoms with van der Waals surface area (Å²) in [5, 5.41) is 13.0. The summed E-state index contributed by atoms with van der Waals surface area (Å²) in [5.41, 5.74) is 1.27. The van der Waals surface area contributed by atoms with Gasteiger partial charge in [-0.25, -0.2) is 0 Å². The van der Waals surface area contributed by atoms with E-state index in [0.717, 1.165) is 18.9 Å². The monoisotopic (exact) mass is 205 g/mol. The highest BCUT2D eigenvalue weighted by Gasteiger charge is 2.23. The Balaban J connectivity index is 1.61. The molecule has 1 fully saturated rings. The molecule has 1 aliphatic rings. The van der Waals surface area contributed by atoms with E-state index in [-0.39, 0.29) is 6.10 Å². The lowest BCUT2D eigenvalue weighted by Gasteiger charge is -2.11. The van der Waals surface area contributed by atoms with Gasteiger partial charge in [0.15, 0.2) is 0 Å². The van der Waals surface area contributed by atoms with Gasteiger partial charge in [-0.1, -0.05) is 43.2 Å². The zero-order valence-electron chi connectivity index (χ0n) is 9.02. The predicted molar refractivity (Wildman–Crippen MR) is 61.5 cm³/mol. The van der Waals surface area contributed by atoms with Crippen LogP contribution >= 0.6 is 0 Å².